The molecule has 1 saturated heterocycles. The Labute approximate surface area is 197 Å². The standard InChI is InChI=1S/C21H23ClF3N2O4PS/c1-31-21(6-9-32)4-7-27(8-5-21)33(29,30)18-10-13(2-3-15(18)22)20(28)26-14-11-16(23)19(25)17(24)12-14/h2-3,10-12H,4-9,32H2,1H3,(H,26,28). The number of ether oxygens (including phenoxy) is 1. The summed E-state index contributed by atoms with van der Waals surface area (Å²) in [6.07, 6.45) is 2.63. The molecule has 180 valence electrons. The molecule has 1 fully saturated rings. The van der Waals surface area contributed by atoms with Crippen LogP contribution < -0.4 is 5.32 Å². The lowest BCUT2D eigenvalue weighted by molar-refractivity contribution is -0.0470. The smallest absolute Gasteiger partial charge is 0.255 e. The molecule has 2 aromatic carbocycles. The molecule has 1 amide bonds. The van der Waals surface area contributed by atoms with E-state index in [2.05, 4.69) is 14.6 Å². The van der Waals surface area contributed by atoms with Crippen molar-refractivity contribution < 1.29 is 31.1 Å². The minimum atomic E-state index is -4.02. The first-order valence-electron chi connectivity index (χ1n) is 10.0. The summed E-state index contributed by atoms with van der Waals surface area (Å²) in [6, 6.07) is 4.87. The molecule has 33 heavy (non-hydrogen) atoms. The van der Waals surface area contributed by atoms with Crippen LogP contribution >= 0.6 is 20.8 Å². The van der Waals surface area contributed by atoms with Gasteiger partial charge in [-0.05, 0) is 43.6 Å². The fraction of sp³-hybridized carbons (Fsp3) is 0.381. The molecular weight excluding hydrogens is 500 g/mol. The highest BCUT2D eigenvalue weighted by Gasteiger charge is 2.38. The van der Waals surface area contributed by atoms with E-state index < -0.39 is 33.4 Å². The Morgan fingerprint density at radius 2 is 1.79 bits per heavy atom. The number of nitrogens with zero attached hydrogens (tertiary/aromatic N) is 1. The first-order chi connectivity index (χ1) is 15.5. The summed E-state index contributed by atoms with van der Waals surface area (Å²) in [4.78, 5) is 12.3. The summed E-state index contributed by atoms with van der Waals surface area (Å²) in [5, 5.41) is 2.15. The molecule has 3 rings (SSSR count). The van der Waals surface area contributed by atoms with E-state index in [9.17, 15) is 26.4 Å². The fourth-order valence-electron chi connectivity index (χ4n) is 3.77. The zero-order chi connectivity index (χ0) is 24.4. The number of rotatable bonds is 7. The zero-order valence-electron chi connectivity index (χ0n) is 17.7. The van der Waals surface area contributed by atoms with Gasteiger partial charge in [-0.3, -0.25) is 4.79 Å². The lowest BCUT2D eigenvalue weighted by atomic mass is 9.89. The third-order valence-electron chi connectivity index (χ3n) is 5.72. The first-order valence-corrected chi connectivity index (χ1v) is 12.7. The van der Waals surface area contributed by atoms with Crippen molar-refractivity contribution in [1.82, 2.24) is 4.31 Å². The number of anilines is 1. The Morgan fingerprint density at radius 1 is 1.18 bits per heavy atom. The third kappa shape index (κ3) is 5.52. The van der Waals surface area contributed by atoms with Gasteiger partial charge >= 0.3 is 0 Å². The summed E-state index contributed by atoms with van der Waals surface area (Å²) in [5.74, 6) is -5.44. The molecule has 12 heteroatoms. The molecule has 1 N–H and O–H groups in total. The molecule has 0 spiro atoms. The first kappa shape index (κ1) is 25.9. The Morgan fingerprint density at radius 3 is 2.33 bits per heavy atom. The average molecular weight is 523 g/mol. The van der Waals surface area contributed by atoms with Gasteiger partial charge in [0.25, 0.3) is 5.91 Å². The number of hydrogen-bond acceptors (Lipinski definition) is 4. The molecule has 0 bridgehead atoms. The fourth-order valence-corrected chi connectivity index (χ4v) is 6.23. The van der Waals surface area contributed by atoms with Gasteiger partial charge in [0.1, 0.15) is 4.90 Å². The number of sulfonamides is 1. The molecule has 0 aromatic heterocycles. The second-order valence-electron chi connectivity index (χ2n) is 7.68. The number of methoxy groups -OCH3 is 1. The van der Waals surface area contributed by atoms with Crippen LogP contribution in [0.3, 0.4) is 0 Å². The van der Waals surface area contributed by atoms with Crippen molar-refractivity contribution >= 4 is 42.5 Å². The van der Waals surface area contributed by atoms with Crippen LogP contribution in [-0.4, -0.2) is 50.6 Å². The largest absolute Gasteiger partial charge is 0.378 e. The van der Waals surface area contributed by atoms with Gasteiger partial charge in [-0.1, -0.05) is 11.6 Å². The van der Waals surface area contributed by atoms with Gasteiger partial charge in [0.2, 0.25) is 10.0 Å². The predicted molar refractivity (Wildman–Crippen MR) is 123 cm³/mol. The maximum atomic E-state index is 13.4. The molecule has 2 aromatic rings. The number of carbonyl (C=O) groups is 1. The molecule has 1 heterocycles. The van der Waals surface area contributed by atoms with Crippen LogP contribution in [0.15, 0.2) is 35.2 Å². The van der Waals surface area contributed by atoms with Crippen molar-refractivity contribution in [3.05, 3.63) is 58.4 Å². The highest BCUT2D eigenvalue weighted by Crippen LogP contribution is 2.34. The second kappa shape index (κ2) is 10.3. The van der Waals surface area contributed by atoms with Gasteiger partial charge in [-0.15, -0.1) is 9.24 Å². The molecule has 0 saturated carbocycles. The van der Waals surface area contributed by atoms with Crippen molar-refractivity contribution in [2.75, 3.05) is 31.7 Å². The number of amides is 1. The Balaban J connectivity index is 1.83. The summed E-state index contributed by atoms with van der Waals surface area (Å²) < 4.78 is 73.4. The number of hydrogen-bond donors (Lipinski definition) is 1. The molecule has 0 radical (unpaired) electrons. The zero-order valence-corrected chi connectivity index (χ0v) is 20.4. The lowest BCUT2D eigenvalue weighted by Gasteiger charge is -2.40. The van der Waals surface area contributed by atoms with Gasteiger partial charge in [0.05, 0.1) is 10.6 Å². The van der Waals surface area contributed by atoms with Crippen molar-refractivity contribution in [2.45, 2.75) is 29.8 Å². The van der Waals surface area contributed by atoms with Crippen molar-refractivity contribution in [3.8, 4) is 0 Å². The second-order valence-corrected chi connectivity index (χ2v) is 10.6. The summed E-state index contributed by atoms with van der Waals surface area (Å²) in [7, 11) is 0.229. The van der Waals surface area contributed by atoms with Gasteiger partial charge in [0.15, 0.2) is 17.5 Å². The number of benzene rings is 2. The van der Waals surface area contributed by atoms with Gasteiger partial charge in [0, 0.05) is 43.6 Å². The highest BCUT2D eigenvalue weighted by atomic mass is 35.5. The van der Waals surface area contributed by atoms with Crippen molar-refractivity contribution in [3.63, 3.8) is 0 Å². The third-order valence-corrected chi connectivity index (χ3v) is 8.39. The Hall–Kier alpha value is -1.71. The quantitative estimate of drug-likeness (QED) is 0.431. The molecule has 6 nitrogen and oxygen atoms in total. The SMILES string of the molecule is COC1(CCP)CCN(S(=O)(=O)c2cc(C(=O)Nc3cc(F)c(F)c(F)c3)ccc2Cl)CC1. The normalized spacial score (nSPS) is 16.5. The Bertz CT molecular complexity index is 1140. The number of carbonyl (C=O) groups excluding carboxylic acids is 1. The molecule has 1 atom stereocenters. The van der Waals surface area contributed by atoms with Crippen LogP contribution in [0.25, 0.3) is 0 Å². The number of halogens is 4. The minimum absolute atomic E-state index is 0.0704. The van der Waals surface area contributed by atoms with Crippen LogP contribution in [0.4, 0.5) is 18.9 Å². The van der Waals surface area contributed by atoms with Crippen LogP contribution in [0, 0.1) is 17.5 Å². The maximum Gasteiger partial charge on any atom is 0.255 e. The number of nitrogens with one attached hydrogen (secondary N) is 1. The average Bonchev–Trinajstić information content (AvgIpc) is 2.78. The molecule has 1 aliphatic rings. The predicted octanol–water partition coefficient (Wildman–Crippen LogP) is 4.44. The van der Waals surface area contributed by atoms with Gasteiger partial charge in [-0.25, -0.2) is 21.6 Å². The molecule has 0 aliphatic carbocycles. The van der Waals surface area contributed by atoms with E-state index in [1.165, 1.54) is 16.4 Å². The van der Waals surface area contributed by atoms with E-state index in [0.29, 0.717) is 25.0 Å². The lowest BCUT2D eigenvalue weighted by Crippen LogP contribution is -2.47. The summed E-state index contributed by atoms with van der Waals surface area (Å²) >= 11 is 6.15. The van der Waals surface area contributed by atoms with E-state index in [-0.39, 0.29) is 39.9 Å². The van der Waals surface area contributed by atoms with Crippen molar-refractivity contribution in [2.24, 2.45) is 0 Å². The highest BCUT2D eigenvalue weighted by molar-refractivity contribution is 7.89. The van der Waals surface area contributed by atoms with Gasteiger partial charge < -0.3 is 10.1 Å². The minimum Gasteiger partial charge on any atom is -0.378 e. The van der Waals surface area contributed by atoms with Crippen LogP contribution in [0.5, 0.6) is 0 Å². The van der Waals surface area contributed by atoms with Crippen LogP contribution in [0.1, 0.15) is 29.6 Å². The van der Waals surface area contributed by atoms with Crippen molar-refractivity contribution in [1.29, 1.82) is 0 Å². The van der Waals surface area contributed by atoms with E-state index in [1.54, 1.807) is 7.11 Å². The van der Waals surface area contributed by atoms with Crippen LogP contribution in [0.2, 0.25) is 5.02 Å². The maximum absolute atomic E-state index is 13.4. The van der Waals surface area contributed by atoms with E-state index >= 15 is 0 Å². The van der Waals surface area contributed by atoms with E-state index in [0.717, 1.165) is 18.6 Å². The number of piperidine rings is 1. The molecular formula is C21H23ClF3N2O4PS. The monoisotopic (exact) mass is 522 g/mol. The summed E-state index contributed by atoms with van der Waals surface area (Å²) in [5.41, 5.74) is -0.815. The molecule has 1 aliphatic heterocycles. The Kier molecular flexibility index (Phi) is 8.07. The van der Waals surface area contributed by atoms with E-state index in [4.69, 9.17) is 16.3 Å². The van der Waals surface area contributed by atoms with Gasteiger partial charge in [-0.2, -0.15) is 4.31 Å². The topological polar surface area (TPSA) is 75.7 Å². The summed E-state index contributed by atoms with van der Waals surface area (Å²) in [6.45, 7) is 0.448. The molecule has 1 unspecified atom stereocenters. The van der Waals surface area contributed by atoms with Crippen LogP contribution in [-0.2, 0) is 14.8 Å². The van der Waals surface area contributed by atoms with E-state index in [1.807, 2.05) is 0 Å².